The van der Waals surface area contributed by atoms with Gasteiger partial charge in [0.2, 0.25) is 15.9 Å². The number of aromatic nitrogens is 2. The van der Waals surface area contributed by atoms with Gasteiger partial charge in [-0.15, -0.1) is 0 Å². The minimum atomic E-state index is -4.07. The lowest BCUT2D eigenvalue weighted by Crippen LogP contribution is -2.25. The third-order valence-electron chi connectivity index (χ3n) is 2.46. The van der Waals surface area contributed by atoms with Crippen LogP contribution in [0.15, 0.2) is 27.6 Å². The van der Waals surface area contributed by atoms with Crippen molar-refractivity contribution in [3.05, 3.63) is 41.3 Å². The molecule has 0 atom stereocenters. The Hall–Kier alpha value is -1.84. The average Bonchev–Trinajstić information content (AvgIpc) is 2.83. The first-order valence-electron chi connectivity index (χ1n) is 5.60. The summed E-state index contributed by atoms with van der Waals surface area (Å²) in [5.41, 5.74) is 0.294. The predicted molar refractivity (Wildman–Crippen MR) is 65.4 cm³/mol. The number of hydrogen-bond donors (Lipinski definition) is 2. The Kier molecular flexibility index (Phi) is 4.12. The molecule has 1 aromatic carbocycles. The largest absolute Gasteiger partial charge is 0.392 e. The average molecular weight is 301 g/mol. The van der Waals surface area contributed by atoms with E-state index >= 15 is 0 Å². The van der Waals surface area contributed by atoms with Crippen molar-refractivity contribution in [2.45, 2.75) is 25.0 Å². The topological polar surface area (TPSA) is 105 Å². The van der Waals surface area contributed by atoms with Crippen LogP contribution in [0.25, 0.3) is 0 Å². The molecule has 0 saturated heterocycles. The van der Waals surface area contributed by atoms with Gasteiger partial charge in [0.25, 0.3) is 0 Å². The van der Waals surface area contributed by atoms with Crippen molar-refractivity contribution in [1.29, 1.82) is 0 Å². The van der Waals surface area contributed by atoms with Crippen LogP contribution in [0.3, 0.4) is 0 Å². The molecule has 0 fully saturated rings. The van der Waals surface area contributed by atoms with Crippen molar-refractivity contribution in [2.24, 2.45) is 0 Å². The van der Waals surface area contributed by atoms with Gasteiger partial charge in [-0.2, -0.15) is 4.98 Å². The molecule has 0 aliphatic heterocycles. The van der Waals surface area contributed by atoms with Crippen LogP contribution in [-0.2, 0) is 23.2 Å². The molecule has 0 saturated carbocycles. The molecular weight excluding hydrogens is 289 g/mol. The lowest BCUT2D eigenvalue weighted by molar-refractivity contribution is 0.281. The van der Waals surface area contributed by atoms with Gasteiger partial charge < -0.3 is 9.63 Å². The van der Waals surface area contributed by atoms with Gasteiger partial charge in [0, 0.05) is 6.92 Å². The van der Waals surface area contributed by atoms with Crippen molar-refractivity contribution in [3.8, 4) is 0 Å². The molecule has 7 nitrogen and oxygen atoms in total. The molecule has 0 aliphatic rings. The highest BCUT2D eigenvalue weighted by Gasteiger charge is 2.20. The molecule has 0 unspecified atom stereocenters. The minimum Gasteiger partial charge on any atom is -0.392 e. The van der Waals surface area contributed by atoms with Gasteiger partial charge in [-0.3, -0.25) is 0 Å². The van der Waals surface area contributed by atoms with Gasteiger partial charge in [0.15, 0.2) is 5.82 Å². The van der Waals surface area contributed by atoms with Crippen LogP contribution < -0.4 is 4.72 Å². The third kappa shape index (κ3) is 3.18. The molecule has 0 amide bonds. The van der Waals surface area contributed by atoms with E-state index in [4.69, 9.17) is 9.63 Å². The summed E-state index contributed by atoms with van der Waals surface area (Å²) in [7, 11) is -4.07. The molecule has 0 radical (unpaired) electrons. The van der Waals surface area contributed by atoms with Crippen molar-refractivity contribution >= 4 is 10.0 Å². The van der Waals surface area contributed by atoms with E-state index in [0.29, 0.717) is 11.5 Å². The number of benzene rings is 1. The molecule has 2 aromatic rings. The SMILES string of the molecule is Cc1nc(CNS(=O)(=O)c2cc(CO)ccc2F)no1. The maximum atomic E-state index is 13.6. The zero-order chi connectivity index (χ0) is 14.8. The molecule has 108 valence electrons. The van der Waals surface area contributed by atoms with Gasteiger partial charge in [0.05, 0.1) is 13.2 Å². The van der Waals surface area contributed by atoms with E-state index in [2.05, 4.69) is 14.9 Å². The number of rotatable bonds is 5. The Labute approximate surface area is 114 Å². The van der Waals surface area contributed by atoms with Crippen LogP contribution in [0, 0.1) is 12.7 Å². The van der Waals surface area contributed by atoms with E-state index in [9.17, 15) is 12.8 Å². The summed E-state index contributed by atoms with van der Waals surface area (Å²) >= 11 is 0. The summed E-state index contributed by atoms with van der Waals surface area (Å²) in [6, 6.07) is 3.36. The molecule has 2 N–H and O–H groups in total. The smallest absolute Gasteiger partial charge is 0.243 e. The molecule has 2 rings (SSSR count). The first-order valence-corrected chi connectivity index (χ1v) is 7.09. The Morgan fingerprint density at radius 1 is 1.45 bits per heavy atom. The molecule has 9 heteroatoms. The Balaban J connectivity index is 2.21. The van der Waals surface area contributed by atoms with Gasteiger partial charge in [-0.1, -0.05) is 11.2 Å². The Bertz CT molecular complexity index is 714. The molecular formula is C11H12FN3O4S. The maximum absolute atomic E-state index is 13.6. The molecule has 0 bridgehead atoms. The number of hydrogen-bond acceptors (Lipinski definition) is 6. The number of nitrogens with zero attached hydrogens (tertiary/aromatic N) is 2. The summed E-state index contributed by atoms with van der Waals surface area (Å²) < 4.78 is 44.4. The molecule has 1 aromatic heterocycles. The lowest BCUT2D eigenvalue weighted by atomic mass is 10.2. The van der Waals surface area contributed by atoms with Crippen molar-refractivity contribution in [3.63, 3.8) is 0 Å². The fourth-order valence-corrected chi connectivity index (χ4v) is 2.61. The van der Waals surface area contributed by atoms with Crippen molar-refractivity contribution in [2.75, 3.05) is 0 Å². The minimum absolute atomic E-state index is 0.143. The van der Waals surface area contributed by atoms with Gasteiger partial charge >= 0.3 is 0 Å². The van der Waals surface area contributed by atoms with Gasteiger partial charge in [-0.25, -0.2) is 17.5 Å². The molecule has 1 heterocycles. The number of sulfonamides is 1. The zero-order valence-electron chi connectivity index (χ0n) is 10.5. The standard InChI is InChI=1S/C11H12FN3O4S/c1-7-14-11(15-19-7)5-13-20(17,18)10-4-8(6-16)2-3-9(10)12/h2-4,13,16H,5-6H2,1H3. The fourth-order valence-electron chi connectivity index (χ4n) is 1.50. The summed E-state index contributed by atoms with van der Waals surface area (Å²) in [6.07, 6.45) is 0. The second-order valence-electron chi connectivity index (χ2n) is 3.98. The molecule has 0 spiro atoms. The van der Waals surface area contributed by atoms with E-state index in [1.165, 1.54) is 6.07 Å². The molecule has 0 aliphatic carbocycles. The van der Waals surface area contributed by atoms with Crippen molar-refractivity contribution in [1.82, 2.24) is 14.9 Å². The van der Waals surface area contributed by atoms with E-state index in [-0.39, 0.29) is 19.0 Å². The Morgan fingerprint density at radius 2 is 2.20 bits per heavy atom. The van der Waals surface area contributed by atoms with E-state index in [0.717, 1.165) is 12.1 Å². The first kappa shape index (κ1) is 14.6. The summed E-state index contributed by atoms with van der Waals surface area (Å²) in [4.78, 5) is 3.29. The zero-order valence-corrected chi connectivity index (χ0v) is 11.3. The van der Waals surface area contributed by atoms with Crippen LogP contribution in [0.2, 0.25) is 0 Å². The first-order chi connectivity index (χ1) is 9.42. The van der Waals surface area contributed by atoms with E-state index in [1.54, 1.807) is 6.92 Å². The summed E-state index contributed by atoms with van der Waals surface area (Å²) in [6.45, 7) is 0.963. The van der Waals surface area contributed by atoms with Crippen LogP contribution in [0.1, 0.15) is 17.3 Å². The van der Waals surface area contributed by atoms with E-state index in [1.807, 2.05) is 0 Å². The quantitative estimate of drug-likeness (QED) is 0.832. The van der Waals surface area contributed by atoms with Crippen LogP contribution >= 0.6 is 0 Å². The maximum Gasteiger partial charge on any atom is 0.243 e. The predicted octanol–water partition coefficient (Wildman–Crippen LogP) is 0.488. The van der Waals surface area contributed by atoms with Gasteiger partial charge in [-0.05, 0) is 17.7 Å². The van der Waals surface area contributed by atoms with Crippen molar-refractivity contribution < 1.29 is 22.4 Å². The van der Waals surface area contributed by atoms with Crippen LogP contribution in [0.5, 0.6) is 0 Å². The fraction of sp³-hybridized carbons (Fsp3) is 0.273. The normalized spacial score (nSPS) is 11.8. The number of halogens is 1. The monoisotopic (exact) mass is 301 g/mol. The number of nitrogens with one attached hydrogen (secondary N) is 1. The Morgan fingerprint density at radius 3 is 2.80 bits per heavy atom. The number of aliphatic hydroxyl groups excluding tert-OH is 1. The van der Waals surface area contributed by atoms with Crippen LogP contribution in [0.4, 0.5) is 4.39 Å². The second kappa shape index (κ2) is 5.65. The summed E-state index contributed by atoms with van der Waals surface area (Å²) in [5.74, 6) is -0.462. The summed E-state index contributed by atoms with van der Waals surface area (Å²) in [5, 5.41) is 12.5. The van der Waals surface area contributed by atoms with Crippen LogP contribution in [-0.4, -0.2) is 23.7 Å². The highest BCUT2D eigenvalue weighted by atomic mass is 32.2. The second-order valence-corrected chi connectivity index (χ2v) is 5.71. The molecule has 20 heavy (non-hydrogen) atoms. The number of aryl methyl sites for hydroxylation is 1. The highest BCUT2D eigenvalue weighted by Crippen LogP contribution is 2.16. The third-order valence-corrected chi connectivity index (χ3v) is 3.87. The van der Waals surface area contributed by atoms with Gasteiger partial charge in [0.1, 0.15) is 10.7 Å². The lowest BCUT2D eigenvalue weighted by Gasteiger charge is -2.07. The number of aliphatic hydroxyl groups is 1. The van der Waals surface area contributed by atoms with E-state index < -0.39 is 20.7 Å². The highest BCUT2D eigenvalue weighted by molar-refractivity contribution is 7.89.